The zero-order valence-electron chi connectivity index (χ0n) is 19.0. The molecule has 4 aromatic rings. The van der Waals surface area contributed by atoms with Gasteiger partial charge in [-0.1, -0.05) is 18.2 Å². The molecule has 2 heterocycles. The van der Waals surface area contributed by atoms with Crippen molar-refractivity contribution in [2.45, 2.75) is 6.42 Å². The second-order valence-electron chi connectivity index (χ2n) is 7.47. The zero-order valence-corrected chi connectivity index (χ0v) is 19.0. The summed E-state index contributed by atoms with van der Waals surface area (Å²) in [5.41, 5.74) is 3.27. The first-order valence-corrected chi connectivity index (χ1v) is 11.1. The number of nitrogens with one attached hydrogen (secondary N) is 3. The third-order valence-corrected chi connectivity index (χ3v) is 5.00. The molecule has 0 amide bonds. The first-order valence-electron chi connectivity index (χ1n) is 11.1. The van der Waals surface area contributed by atoms with Gasteiger partial charge in [-0.25, -0.2) is 15.0 Å². The number of hydrogen-bond donors (Lipinski definition) is 4. The highest BCUT2D eigenvalue weighted by atomic mass is 16.5. The van der Waals surface area contributed by atoms with Gasteiger partial charge in [0.25, 0.3) is 0 Å². The standard InChI is InChI=1S/C25H28N6O3/c1-33-20-7-2-5-18(15-20)24-28-17-23(30-24)22-9-11-27-25(31-22)29-19-6-3-8-21(16-19)34-14-4-10-26-12-13-32/h2-3,5-9,11,15-17,26,32H,4,10,12-14H2,1H3,(H,28,30)(H,27,29,31). The minimum Gasteiger partial charge on any atom is -0.497 e. The molecule has 0 fully saturated rings. The third-order valence-electron chi connectivity index (χ3n) is 5.00. The van der Waals surface area contributed by atoms with E-state index in [4.69, 9.17) is 14.6 Å². The van der Waals surface area contributed by atoms with Crippen LogP contribution in [0.5, 0.6) is 11.5 Å². The Morgan fingerprint density at radius 3 is 2.76 bits per heavy atom. The lowest BCUT2D eigenvalue weighted by Gasteiger charge is -2.10. The Bertz CT molecular complexity index is 1200. The molecule has 176 valence electrons. The Morgan fingerprint density at radius 2 is 1.88 bits per heavy atom. The molecule has 0 aliphatic heterocycles. The van der Waals surface area contributed by atoms with Gasteiger partial charge in [0.05, 0.1) is 37.9 Å². The molecule has 0 bridgehead atoms. The second kappa shape index (κ2) is 11.8. The fraction of sp³-hybridized carbons (Fsp3) is 0.240. The molecule has 2 aromatic carbocycles. The molecule has 4 N–H and O–H groups in total. The summed E-state index contributed by atoms with van der Waals surface area (Å²) in [6.07, 6.45) is 4.31. The van der Waals surface area contributed by atoms with Crippen molar-refractivity contribution >= 4 is 11.6 Å². The second-order valence-corrected chi connectivity index (χ2v) is 7.47. The molecule has 34 heavy (non-hydrogen) atoms. The third kappa shape index (κ3) is 6.31. The van der Waals surface area contributed by atoms with Crippen molar-refractivity contribution < 1.29 is 14.6 Å². The van der Waals surface area contributed by atoms with Gasteiger partial charge >= 0.3 is 0 Å². The summed E-state index contributed by atoms with van der Waals surface area (Å²) >= 11 is 0. The molecule has 0 saturated heterocycles. The van der Waals surface area contributed by atoms with Crippen LogP contribution in [0.1, 0.15) is 6.42 Å². The van der Waals surface area contributed by atoms with Crippen LogP contribution in [0.2, 0.25) is 0 Å². The van der Waals surface area contributed by atoms with E-state index in [1.165, 1.54) is 0 Å². The lowest BCUT2D eigenvalue weighted by Crippen LogP contribution is -2.20. The molecular weight excluding hydrogens is 432 g/mol. The smallest absolute Gasteiger partial charge is 0.227 e. The summed E-state index contributed by atoms with van der Waals surface area (Å²) in [4.78, 5) is 16.8. The van der Waals surface area contributed by atoms with Crippen LogP contribution >= 0.6 is 0 Å². The number of rotatable bonds is 12. The van der Waals surface area contributed by atoms with Crippen LogP contribution in [0, 0.1) is 0 Å². The number of aromatic amines is 1. The number of ether oxygens (including phenoxy) is 2. The van der Waals surface area contributed by atoms with Gasteiger partial charge in [-0.3, -0.25) is 0 Å². The van der Waals surface area contributed by atoms with E-state index in [-0.39, 0.29) is 6.61 Å². The van der Waals surface area contributed by atoms with E-state index in [1.807, 2.05) is 54.6 Å². The highest BCUT2D eigenvalue weighted by Crippen LogP contribution is 2.25. The Kier molecular flexibility index (Phi) is 8.04. The van der Waals surface area contributed by atoms with Gasteiger partial charge in [-0.15, -0.1) is 0 Å². The van der Waals surface area contributed by atoms with Crippen molar-refractivity contribution in [2.75, 3.05) is 38.7 Å². The minimum absolute atomic E-state index is 0.141. The first-order chi connectivity index (χ1) is 16.7. The lowest BCUT2D eigenvalue weighted by molar-refractivity contribution is 0.282. The van der Waals surface area contributed by atoms with Crippen LogP contribution in [0.4, 0.5) is 11.6 Å². The van der Waals surface area contributed by atoms with Gasteiger partial charge in [0.2, 0.25) is 5.95 Å². The Morgan fingerprint density at radius 1 is 1.00 bits per heavy atom. The topological polar surface area (TPSA) is 117 Å². The van der Waals surface area contributed by atoms with Gasteiger partial charge < -0.3 is 30.2 Å². The molecule has 0 saturated carbocycles. The molecule has 4 rings (SSSR count). The normalized spacial score (nSPS) is 10.8. The maximum absolute atomic E-state index is 8.78. The number of aromatic nitrogens is 4. The predicted octanol–water partition coefficient (Wildman–Crippen LogP) is 3.64. The number of hydrogen-bond acceptors (Lipinski definition) is 8. The van der Waals surface area contributed by atoms with Crippen LogP contribution < -0.4 is 20.1 Å². The van der Waals surface area contributed by atoms with Crippen molar-refractivity contribution in [1.82, 2.24) is 25.3 Å². The van der Waals surface area contributed by atoms with Crippen molar-refractivity contribution in [3.63, 3.8) is 0 Å². The summed E-state index contributed by atoms with van der Waals surface area (Å²) < 4.78 is 11.1. The highest BCUT2D eigenvalue weighted by Gasteiger charge is 2.09. The van der Waals surface area contributed by atoms with E-state index in [2.05, 4.69) is 30.6 Å². The number of benzene rings is 2. The van der Waals surface area contributed by atoms with Crippen LogP contribution in [0.25, 0.3) is 22.8 Å². The van der Waals surface area contributed by atoms with Crippen molar-refractivity contribution in [3.8, 4) is 34.3 Å². The molecule has 0 atom stereocenters. The van der Waals surface area contributed by atoms with Gasteiger partial charge in [-0.2, -0.15) is 0 Å². The Hall–Kier alpha value is -3.95. The molecule has 0 unspecified atom stereocenters. The SMILES string of the molecule is COc1cccc(-c2ncc(-c3ccnc(Nc4cccc(OCCCNCCO)c4)n3)[nH]2)c1. The van der Waals surface area contributed by atoms with Crippen LogP contribution in [-0.4, -0.2) is 58.5 Å². The first kappa shape index (κ1) is 23.2. The largest absolute Gasteiger partial charge is 0.497 e. The molecular formula is C25H28N6O3. The average Bonchev–Trinajstić information content (AvgIpc) is 3.37. The predicted molar refractivity (Wildman–Crippen MR) is 131 cm³/mol. The van der Waals surface area contributed by atoms with E-state index in [1.54, 1.807) is 19.5 Å². The molecule has 9 nitrogen and oxygen atoms in total. The van der Waals surface area contributed by atoms with E-state index in [0.717, 1.165) is 52.9 Å². The van der Waals surface area contributed by atoms with Crippen molar-refractivity contribution in [3.05, 3.63) is 67.0 Å². The molecule has 0 aliphatic rings. The van der Waals surface area contributed by atoms with Crippen molar-refractivity contribution in [2.24, 2.45) is 0 Å². The molecule has 0 spiro atoms. The van der Waals surface area contributed by atoms with Crippen LogP contribution in [0.3, 0.4) is 0 Å². The summed E-state index contributed by atoms with van der Waals surface area (Å²) in [6.45, 7) is 2.12. The van der Waals surface area contributed by atoms with E-state index in [0.29, 0.717) is 19.1 Å². The summed E-state index contributed by atoms with van der Waals surface area (Å²) in [7, 11) is 1.64. The monoisotopic (exact) mass is 460 g/mol. The molecule has 2 aromatic heterocycles. The maximum Gasteiger partial charge on any atom is 0.227 e. The van der Waals surface area contributed by atoms with Gasteiger partial charge in [0, 0.05) is 30.1 Å². The number of methoxy groups -OCH3 is 1. The Labute approximate surface area is 198 Å². The Balaban J connectivity index is 1.40. The summed E-state index contributed by atoms with van der Waals surface area (Å²) in [5, 5.41) is 15.1. The zero-order chi connectivity index (χ0) is 23.6. The van der Waals surface area contributed by atoms with Crippen molar-refractivity contribution in [1.29, 1.82) is 0 Å². The number of aliphatic hydroxyl groups excluding tert-OH is 1. The summed E-state index contributed by atoms with van der Waals surface area (Å²) in [6, 6.07) is 17.2. The number of H-pyrrole nitrogens is 1. The fourth-order valence-electron chi connectivity index (χ4n) is 3.32. The molecule has 0 radical (unpaired) electrons. The average molecular weight is 461 g/mol. The highest BCUT2D eigenvalue weighted by molar-refractivity contribution is 5.64. The summed E-state index contributed by atoms with van der Waals surface area (Å²) in [5.74, 6) is 2.74. The van der Waals surface area contributed by atoms with Gasteiger partial charge in [-0.05, 0) is 43.3 Å². The number of nitrogens with zero attached hydrogens (tertiary/aromatic N) is 3. The van der Waals surface area contributed by atoms with E-state index >= 15 is 0 Å². The minimum atomic E-state index is 0.141. The quantitative estimate of drug-likeness (QED) is 0.237. The van der Waals surface area contributed by atoms with E-state index < -0.39 is 0 Å². The van der Waals surface area contributed by atoms with Crippen LogP contribution in [-0.2, 0) is 0 Å². The molecule has 0 aliphatic carbocycles. The number of imidazole rings is 1. The lowest BCUT2D eigenvalue weighted by atomic mass is 10.2. The molecule has 9 heteroatoms. The van der Waals surface area contributed by atoms with E-state index in [9.17, 15) is 0 Å². The maximum atomic E-state index is 8.78. The number of anilines is 2. The van der Waals surface area contributed by atoms with Crippen LogP contribution in [0.15, 0.2) is 67.0 Å². The fourth-order valence-corrected chi connectivity index (χ4v) is 3.32. The number of aliphatic hydroxyl groups is 1. The van der Waals surface area contributed by atoms with Gasteiger partial charge in [0.1, 0.15) is 17.3 Å². The van der Waals surface area contributed by atoms with Gasteiger partial charge in [0.15, 0.2) is 0 Å².